The van der Waals surface area contributed by atoms with E-state index in [1.165, 1.54) is 37.7 Å². The lowest BCUT2D eigenvalue weighted by Gasteiger charge is -2.60. The van der Waals surface area contributed by atoms with E-state index >= 15 is 0 Å². The Bertz CT molecular complexity index is 561. The fraction of sp³-hybridized carbons (Fsp3) is 0.700. The van der Waals surface area contributed by atoms with Crippen molar-refractivity contribution < 1.29 is 19.6 Å². The molecule has 1 aromatic rings. The van der Waals surface area contributed by atoms with Gasteiger partial charge in [0.2, 0.25) is 11.6 Å². The second kappa shape index (κ2) is 5.53. The van der Waals surface area contributed by atoms with Crippen LogP contribution in [0.1, 0.15) is 51.0 Å². The minimum Gasteiger partial charge on any atom is -0.195 e. The third-order valence-corrected chi connectivity index (χ3v) is 6.68. The molecule has 130 valence electrons. The fourth-order valence-corrected chi connectivity index (χ4v) is 5.55. The minimum atomic E-state index is -0.838. The summed E-state index contributed by atoms with van der Waals surface area (Å²) in [6.07, 6.45) is 7.75. The van der Waals surface area contributed by atoms with Gasteiger partial charge in [0.1, 0.15) is 0 Å². The van der Waals surface area contributed by atoms with Gasteiger partial charge in [-0.1, -0.05) is 30.3 Å². The topological polar surface area (TPSA) is 36.9 Å². The zero-order valence-corrected chi connectivity index (χ0v) is 14.3. The van der Waals surface area contributed by atoms with Crippen molar-refractivity contribution in [2.24, 2.45) is 23.7 Å². The van der Waals surface area contributed by atoms with Gasteiger partial charge in [-0.2, -0.15) is 19.6 Å². The normalized spacial score (nSPS) is 46.5. The summed E-state index contributed by atoms with van der Waals surface area (Å²) >= 11 is 0. The van der Waals surface area contributed by atoms with Crippen molar-refractivity contribution in [3.63, 3.8) is 0 Å². The van der Waals surface area contributed by atoms with Gasteiger partial charge in [-0.25, -0.2) is 0 Å². The predicted octanol–water partition coefficient (Wildman–Crippen LogP) is 4.40. The predicted molar refractivity (Wildman–Crippen MR) is 87.3 cm³/mol. The lowest BCUT2D eigenvalue weighted by molar-refractivity contribution is -0.675. The molecule has 0 amide bonds. The Kier molecular flexibility index (Phi) is 3.53. The summed E-state index contributed by atoms with van der Waals surface area (Å²) in [6, 6.07) is 10.4. The molecule has 4 aliphatic carbocycles. The quantitative estimate of drug-likeness (QED) is 0.770. The first kappa shape index (κ1) is 15.3. The second-order valence-electron chi connectivity index (χ2n) is 8.48. The number of hydrogen-bond acceptors (Lipinski definition) is 4. The number of benzene rings is 1. The zero-order valence-electron chi connectivity index (χ0n) is 14.3. The van der Waals surface area contributed by atoms with E-state index in [0.717, 1.165) is 18.3 Å². The van der Waals surface area contributed by atoms with Gasteiger partial charge < -0.3 is 0 Å². The number of hydrogen-bond donors (Lipinski definition) is 0. The Morgan fingerprint density at radius 3 is 2.00 bits per heavy atom. The molecule has 6 rings (SSSR count). The van der Waals surface area contributed by atoms with E-state index in [1.807, 2.05) is 13.0 Å². The molecule has 4 bridgehead atoms. The Labute approximate surface area is 143 Å². The van der Waals surface area contributed by atoms with Crippen molar-refractivity contribution in [2.75, 3.05) is 0 Å². The van der Waals surface area contributed by atoms with Crippen LogP contribution in [0.2, 0.25) is 0 Å². The largest absolute Gasteiger partial charge is 0.239 e. The molecular weight excluding hydrogens is 304 g/mol. The Morgan fingerprint density at radius 2 is 1.42 bits per heavy atom. The van der Waals surface area contributed by atoms with Crippen LogP contribution in [-0.4, -0.2) is 11.6 Å². The average Bonchev–Trinajstić information content (AvgIpc) is 2.60. The van der Waals surface area contributed by atoms with Gasteiger partial charge in [0, 0.05) is 18.3 Å². The second-order valence-corrected chi connectivity index (χ2v) is 8.48. The van der Waals surface area contributed by atoms with E-state index in [2.05, 4.69) is 24.3 Å². The molecule has 4 heteroatoms. The van der Waals surface area contributed by atoms with E-state index in [-0.39, 0.29) is 0 Å². The maximum atomic E-state index is 6.00. The maximum absolute atomic E-state index is 6.00. The van der Waals surface area contributed by atoms with E-state index < -0.39 is 11.6 Å². The van der Waals surface area contributed by atoms with Gasteiger partial charge in [0.15, 0.2) is 0 Å². The van der Waals surface area contributed by atoms with Crippen molar-refractivity contribution in [3.05, 3.63) is 35.9 Å². The fourth-order valence-electron chi connectivity index (χ4n) is 5.55. The van der Waals surface area contributed by atoms with Crippen molar-refractivity contribution in [1.82, 2.24) is 0 Å². The van der Waals surface area contributed by atoms with E-state index in [9.17, 15) is 0 Å². The number of rotatable bonds is 3. The summed E-state index contributed by atoms with van der Waals surface area (Å²) in [5, 5.41) is 0. The van der Waals surface area contributed by atoms with Gasteiger partial charge in [0.25, 0.3) is 0 Å². The molecular formula is C20H26O4. The SMILES string of the molecule is CC1(CCc2ccccc2)OOC2(OO1)C1CC3CC(C1)CC2C3. The molecule has 0 unspecified atom stereocenters. The summed E-state index contributed by atoms with van der Waals surface area (Å²) in [7, 11) is 0. The van der Waals surface area contributed by atoms with Gasteiger partial charge in [-0.3, -0.25) is 0 Å². The Hall–Kier alpha value is -0.940. The third-order valence-electron chi connectivity index (χ3n) is 6.68. The maximum Gasteiger partial charge on any atom is 0.239 e. The van der Waals surface area contributed by atoms with Crippen LogP contribution in [0.15, 0.2) is 30.3 Å². The highest BCUT2D eigenvalue weighted by molar-refractivity contribution is 5.14. The molecule has 1 saturated heterocycles. The molecule has 0 aromatic heterocycles. The molecule has 5 fully saturated rings. The summed E-state index contributed by atoms with van der Waals surface area (Å²) < 4.78 is 0. The summed E-state index contributed by atoms with van der Waals surface area (Å²) in [6.45, 7) is 1.90. The molecule has 4 nitrogen and oxygen atoms in total. The van der Waals surface area contributed by atoms with Crippen LogP contribution in [0.4, 0.5) is 0 Å². The lowest BCUT2D eigenvalue weighted by atomic mass is 9.53. The van der Waals surface area contributed by atoms with Crippen LogP contribution < -0.4 is 0 Å². The lowest BCUT2D eigenvalue weighted by Crippen LogP contribution is -2.64. The van der Waals surface area contributed by atoms with Crippen LogP contribution in [0.3, 0.4) is 0 Å². The first-order valence-electron chi connectivity index (χ1n) is 9.43. The molecule has 1 spiro atoms. The minimum absolute atomic E-state index is 0.424. The van der Waals surface area contributed by atoms with Crippen molar-refractivity contribution >= 4 is 0 Å². The average molecular weight is 330 g/mol. The summed E-state index contributed by atoms with van der Waals surface area (Å²) in [5.41, 5.74) is 1.26. The van der Waals surface area contributed by atoms with Crippen molar-refractivity contribution in [2.45, 2.75) is 63.4 Å². The molecule has 1 aromatic carbocycles. The van der Waals surface area contributed by atoms with E-state index in [4.69, 9.17) is 19.6 Å². The molecule has 4 saturated carbocycles. The van der Waals surface area contributed by atoms with Crippen LogP contribution in [0, 0.1) is 23.7 Å². The molecule has 0 N–H and O–H groups in total. The Morgan fingerprint density at radius 1 is 0.833 bits per heavy atom. The highest BCUT2D eigenvalue weighted by Crippen LogP contribution is 2.61. The molecule has 5 aliphatic rings. The molecule has 1 aliphatic heterocycles. The molecule has 24 heavy (non-hydrogen) atoms. The Balaban J connectivity index is 1.25. The van der Waals surface area contributed by atoms with Gasteiger partial charge in [-0.15, -0.1) is 0 Å². The first-order chi connectivity index (χ1) is 11.7. The van der Waals surface area contributed by atoms with Crippen LogP contribution in [0.5, 0.6) is 0 Å². The van der Waals surface area contributed by atoms with Crippen molar-refractivity contribution in [1.29, 1.82) is 0 Å². The summed E-state index contributed by atoms with van der Waals surface area (Å²) in [4.78, 5) is 23.6. The first-order valence-corrected chi connectivity index (χ1v) is 9.43. The monoisotopic (exact) mass is 330 g/mol. The van der Waals surface area contributed by atoms with Crippen LogP contribution in [0.25, 0.3) is 0 Å². The van der Waals surface area contributed by atoms with Crippen molar-refractivity contribution in [3.8, 4) is 0 Å². The van der Waals surface area contributed by atoms with Gasteiger partial charge >= 0.3 is 0 Å². The summed E-state index contributed by atoms with van der Waals surface area (Å²) in [5.74, 6) is 1.07. The molecule has 0 atom stereocenters. The molecule has 1 heterocycles. The van der Waals surface area contributed by atoms with E-state index in [1.54, 1.807) is 0 Å². The number of aryl methyl sites for hydroxylation is 1. The van der Waals surface area contributed by atoms with Gasteiger partial charge in [0.05, 0.1) is 0 Å². The third kappa shape index (κ3) is 2.43. The van der Waals surface area contributed by atoms with Crippen LogP contribution in [-0.2, 0) is 26.0 Å². The standard InChI is InChI=1S/C20H26O4/c1-19(8-7-14-5-3-2-4-6-14)21-23-20(24-22-19)17-10-15-9-16(12-17)13-18(20)11-15/h2-6,15-18H,7-13H2,1H3. The highest BCUT2D eigenvalue weighted by Gasteiger charge is 2.64. The smallest absolute Gasteiger partial charge is 0.195 e. The highest BCUT2D eigenvalue weighted by atomic mass is 17.4. The molecule has 0 radical (unpaired) electrons. The van der Waals surface area contributed by atoms with E-state index in [0.29, 0.717) is 18.3 Å². The zero-order chi connectivity index (χ0) is 16.2. The van der Waals surface area contributed by atoms with Crippen LogP contribution >= 0.6 is 0 Å². The van der Waals surface area contributed by atoms with Gasteiger partial charge in [-0.05, 0) is 62.8 Å².